The third-order valence-corrected chi connectivity index (χ3v) is 2.99. The number of para-hydroxylation sites is 1. The van der Waals surface area contributed by atoms with Gasteiger partial charge in [-0.25, -0.2) is 4.98 Å². The zero-order chi connectivity index (χ0) is 13.5. The van der Waals surface area contributed by atoms with Crippen molar-refractivity contribution in [2.75, 3.05) is 32.5 Å². The molecule has 4 nitrogen and oxygen atoms in total. The molecule has 0 aliphatic rings. The van der Waals surface area contributed by atoms with E-state index in [1.165, 1.54) is 6.42 Å². The van der Waals surface area contributed by atoms with Crippen LogP contribution in [0.4, 0.5) is 5.95 Å². The summed E-state index contributed by atoms with van der Waals surface area (Å²) in [6.07, 6.45) is 6.17. The Morgan fingerprint density at radius 1 is 1.16 bits per heavy atom. The molecule has 1 N–H and O–H groups in total. The van der Waals surface area contributed by atoms with E-state index in [9.17, 15) is 0 Å². The minimum atomic E-state index is 0.913. The molecule has 0 aliphatic heterocycles. The van der Waals surface area contributed by atoms with Crippen LogP contribution in [0.25, 0.3) is 5.69 Å². The molecule has 0 amide bonds. The molecule has 0 saturated heterocycles. The number of hydrogen-bond acceptors (Lipinski definition) is 3. The highest BCUT2D eigenvalue weighted by Gasteiger charge is 2.03. The van der Waals surface area contributed by atoms with Crippen molar-refractivity contribution in [1.82, 2.24) is 14.5 Å². The molecule has 2 rings (SSSR count). The number of hydrogen-bond donors (Lipinski definition) is 1. The van der Waals surface area contributed by atoms with Gasteiger partial charge >= 0.3 is 0 Å². The molecular weight excluding hydrogens is 236 g/mol. The summed E-state index contributed by atoms with van der Waals surface area (Å²) in [7, 11) is 4.21. The van der Waals surface area contributed by atoms with E-state index in [1.54, 1.807) is 0 Å². The van der Waals surface area contributed by atoms with Crippen molar-refractivity contribution >= 4 is 5.95 Å². The molecule has 4 heteroatoms. The number of aromatic nitrogens is 2. The summed E-state index contributed by atoms with van der Waals surface area (Å²) in [5.41, 5.74) is 1.13. The lowest BCUT2D eigenvalue weighted by molar-refractivity contribution is 0.396. The lowest BCUT2D eigenvalue weighted by atomic mass is 10.3. The highest BCUT2D eigenvalue weighted by Crippen LogP contribution is 2.13. The minimum absolute atomic E-state index is 0.913. The first kappa shape index (κ1) is 13.6. The van der Waals surface area contributed by atoms with Crippen molar-refractivity contribution < 1.29 is 0 Å². The monoisotopic (exact) mass is 258 g/mol. The van der Waals surface area contributed by atoms with E-state index in [2.05, 4.69) is 46.0 Å². The lowest BCUT2D eigenvalue weighted by Crippen LogP contribution is -2.14. The quantitative estimate of drug-likeness (QED) is 0.775. The average molecular weight is 258 g/mol. The molecule has 0 fully saturated rings. The first-order valence-corrected chi connectivity index (χ1v) is 6.75. The van der Waals surface area contributed by atoms with Crippen LogP contribution in [0.15, 0.2) is 42.7 Å². The maximum atomic E-state index is 4.37. The largest absolute Gasteiger partial charge is 0.355 e. The molecule has 19 heavy (non-hydrogen) atoms. The molecule has 102 valence electrons. The number of benzene rings is 1. The standard InChI is InChI=1S/C15H22N4/c1-18(2)12-7-6-10-16-15-17-11-13-19(15)14-8-4-3-5-9-14/h3-5,8-9,11,13H,6-7,10,12H2,1-2H3,(H,16,17). The second-order valence-electron chi connectivity index (χ2n) is 4.89. The van der Waals surface area contributed by atoms with Crippen molar-refractivity contribution in [3.05, 3.63) is 42.7 Å². The number of anilines is 1. The van der Waals surface area contributed by atoms with Crippen LogP contribution in [0.5, 0.6) is 0 Å². The van der Waals surface area contributed by atoms with E-state index in [1.807, 2.05) is 30.6 Å². The van der Waals surface area contributed by atoms with E-state index in [0.29, 0.717) is 0 Å². The Balaban J connectivity index is 1.87. The fraction of sp³-hybridized carbons (Fsp3) is 0.400. The highest BCUT2D eigenvalue weighted by molar-refractivity contribution is 5.41. The van der Waals surface area contributed by atoms with Gasteiger partial charge in [-0.1, -0.05) is 18.2 Å². The van der Waals surface area contributed by atoms with Crippen molar-refractivity contribution in [2.45, 2.75) is 12.8 Å². The Bertz CT molecular complexity index is 476. The summed E-state index contributed by atoms with van der Waals surface area (Å²) in [4.78, 5) is 6.58. The van der Waals surface area contributed by atoms with Crippen LogP contribution in [-0.4, -0.2) is 41.6 Å². The summed E-state index contributed by atoms with van der Waals surface area (Å²) in [5, 5.41) is 3.40. The Morgan fingerprint density at radius 3 is 2.68 bits per heavy atom. The Hall–Kier alpha value is -1.81. The fourth-order valence-corrected chi connectivity index (χ4v) is 1.98. The second kappa shape index (κ2) is 6.95. The molecule has 1 heterocycles. The summed E-state index contributed by atoms with van der Waals surface area (Å²) < 4.78 is 2.08. The molecule has 1 aromatic carbocycles. The van der Waals surface area contributed by atoms with Crippen molar-refractivity contribution in [2.24, 2.45) is 0 Å². The summed E-state index contributed by atoms with van der Waals surface area (Å²) in [5.74, 6) is 0.913. The highest BCUT2D eigenvalue weighted by atomic mass is 15.2. The van der Waals surface area contributed by atoms with Gasteiger partial charge in [0.1, 0.15) is 0 Å². The Morgan fingerprint density at radius 2 is 1.95 bits per heavy atom. The minimum Gasteiger partial charge on any atom is -0.355 e. The van der Waals surface area contributed by atoms with Crippen LogP contribution in [-0.2, 0) is 0 Å². The maximum absolute atomic E-state index is 4.37. The summed E-state index contributed by atoms with van der Waals surface area (Å²) in [6.45, 7) is 2.09. The van der Waals surface area contributed by atoms with Gasteiger partial charge < -0.3 is 10.2 Å². The smallest absolute Gasteiger partial charge is 0.207 e. The maximum Gasteiger partial charge on any atom is 0.207 e. The molecule has 0 saturated carbocycles. The first-order valence-electron chi connectivity index (χ1n) is 6.75. The lowest BCUT2D eigenvalue weighted by Gasteiger charge is -2.11. The van der Waals surface area contributed by atoms with E-state index < -0.39 is 0 Å². The van der Waals surface area contributed by atoms with Crippen LogP contribution in [0.2, 0.25) is 0 Å². The normalized spacial score (nSPS) is 10.9. The van der Waals surface area contributed by atoms with E-state index >= 15 is 0 Å². The van der Waals surface area contributed by atoms with E-state index in [-0.39, 0.29) is 0 Å². The van der Waals surface area contributed by atoms with E-state index in [4.69, 9.17) is 0 Å². The molecule has 2 aromatic rings. The van der Waals surface area contributed by atoms with Gasteiger partial charge in [0.2, 0.25) is 5.95 Å². The SMILES string of the molecule is CN(C)CCCCNc1nccn1-c1ccccc1. The zero-order valence-electron chi connectivity index (χ0n) is 11.7. The number of nitrogens with one attached hydrogen (secondary N) is 1. The van der Waals surface area contributed by atoms with Gasteiger partial charge in [-0.15, -0.1) is 0 Å². The number of rotatable bonds is 7. The van der Waals surface area contributed by atoms with Crippen LogP contribution >= 0.6 is 0 Å². The summed E-state index contributed by atoms with van der Waals surface area (Å²) in [6, 6.07) is 10.3. The molecule has 0 aliphatic carbocycles. The molecule has 1 aromatic heterocycles. The van der Waals surface area contributed by atoms with Gasteiger partial charge in [0.25, 0.3) is 0 Å². The van der Waals surface area contributed by atoms with Gasteiger partial charge in [-0.05, 0) is 45.6 Å². The van der Waals surface area contributed by atoms with Crippen LogP contribution in [0.1, 0.15) is 12.8 Å². The van der Waals surface area contributed by atoms with Crippen molar-refractivity contribution in [1.29, 1.82) is 0 Å². The van der Waals surface area contributed by atoms with Crippen molar-refractivity contribution in [3.63, 3.8) is 0 Å². The predicted molar refractivity (Wildman–Crippen MR) is 79.8 cm³/mol. The molecule has 0 unspecified atom stereocenters. The summed E-state index contributed by atoms with van der Waals surface area (Å²) >= 11 is 0. The Labute approximate surface area is 115 Å². The van der Waals surface area contributed by atoms with E-state index in [0.717, 1.165) is 31.1 Å². The molecule has 0 bridgehead atoms. The number of nitrogens with zero attached hydrogens (tertiary/aromatic N) is 3. The molecule has 0 radical (unpaired) electrons. The third-order valence-electron chi connectivity index (χ3n) is 2.99. The first-order chi connectivity index (χ1) is 9.27. The van der Waals surface area contributed by atoms with Gasteiger partial charge in [-0.3, -0.25) is 4.57 Å². The number of imidazole rings is 1. The second-order valence-corrected chi connectivity index (χ2v) is 4.89. The van der Waals surface area contributed by atoms with Gasteiger partial charge in [-0.2, -0.15) is 0 Å². The van der Waals surface area contributed by atoms with Crippen LogP contribution in [0, 0.1) is 0 Å². The predicted octanol–water partition coefficient (Wildman–Crippen LogP) is 2.63. The molecular formula is C15H22N4. The van der Waals surface area contributed by atoms with Crippen LogP contribution in [0.3, 0.4) is 0 Å². The molecule has 0 spiro atoms. The zero-order valence-corrected chi connectivity index (χ0v) is 11.7. The van der Waals surface area contributed by atoms with Gasteiger partial charge in [0, 0.05) is 24.6 Å². The van der Waals surface area contributed by atoms with Gasteiger partial charge in [0.15, 0.2) is 0 Å². The average Bonchev–Trinajstić information content (AvgIpc) is 2.87. The van der Waals surface area contributed by atoms with Gasteiger partial charge in [0.05, 0.1) is 0 Å². The third kappa shape index (κ3) is 4.10. The topological polar surface area (TPSA) is 33.1 Å². The number of unbranched alkanes of at least 4 members (excludes halogenated alkanes) is 1. The van der Waals surface area contributed by atoms with Crippen molar-refractivity contribution in [3.8, 4) is 5.69 Å². The molecule has 0 atom stereocenters. The van der Waals surface area contributed by atoms with Crippen LogP contribution < -0.4 is 5.32 Å². The fourth-order valence-electron chi connectivity index (χ4n) is 1.98. The Kier molecular flexibility index (Phi) is 4.98.